The lowest BCUT2D eigenvalue weighted by atomic mass is 10.2. The molecule has 0 spiro atoms. The first-order chi connectivity index (χ1) is 6.66. The third-order valence-corrected chi connectivity index (χ3v) is 5.44. The Kier molecular flexibility index (Phi) is 3.76. The van der Waals surface area contributed by atoms with Gasteiger partial charge in [0, 0.05) is 4.88 Å². The first-order valence-corrected chi connectivity index (χ1v) is 7.39. The number of alkyl halides is 1. The normalized spacial score (nSPS) is 13.1. The van der Waals surface area contributed by atoms with E-state index in [1.807, 2.05) is 12.1 Å². The SMILES string of the molecule is Clc1ccc(C(Cl)c2csc(I)c2)s1. The van der Waals surface area contributed by atoms with Crippen LogP contribution in [0.4, 0.5) is 0 Å². The number of hydrogen-bond donors (Lipinski definition) is 0. The van der Waals surface area contributed by atoms with E-state index in [0.717, 1.165) is 14.8 Å². The molecular weight excluding hydrogens is 370 g/mol. The van der Waals surface area contributed by atoms with Crippen molar-refractivity contribution < 1.29 is 0 Å². The standard InChI is InChI=1S/C9H5Cl2IS2/c10-7-2-1-6(14-7)9(11)5-3-8(12)13-4-5/h1-4,9H. The minimum absolute atomic E-state index is 0.0627. The van der Waals surface area contributed by atoms with Gasteiger partial charge in [-0.25, -0.2) is 0 Å². The summed E-state index contributed by atoms with van der Waals surface area (Å²) >= 11 is 17.7. The van der Waals surface area contributed by atoms with Crippen molar-refractivity contribution in [2.24, 2.45) is 0 Å². The fourth-order valence-corrected chi connectivity index (χ4v) is 3.96. The van der Waals surface area contributed by atoms with Crippen molar-refractivity contribution in [1.29, 1.82) is 0 Å². The van der Waals surface area contributed by atoms with Crippen LogP contribution in [0.2, 0.25) is 4.34 Å². The topological polar surface area (TPSA) is 0 Å². The third-order valence-electron chi connectivity index (χ3n) is 1.72. The summed E-state index contributed by atoms with van der Waals surface area (Å²) in [5.74, 6) is 0. The molecule has 0 aliphatic heterocycles. The van der Waals surface area contributed by atoms with Gasteiger partial charge in [-0.1, -0.05) is 11.6 Å². The summed E-state index contributed by atoms with van der Waals surface area (Å²) in [6.45, 7) is 0. The van der Waals surface area contributed by atoms with Crippen LogP contribution in [0.15, 0.2) is 23.6 Å². The van der Waals surface area contributed by atoms with E-state index < -0.39 is 0 Å². The van der Waals surface area contributed by atoms with E-state index in [9.17, 15) is 0 Å². The lowest BCUT2D eigenvalue weighted by Gasteiger charge is -2.02. The van der Waals surface area contributed by atoms with Gasteiger partial charge in [-0.05, 0) is 51.7 Å². The van der Waals surface area contributed by atoms with Crippen molar-refractivity contribution in [2.75, 3.05) is 0 Å². The summed E-state index contributed by atoms with van der Waals surface area (Å²) in [6, 6.07) is 5.97. The van der Waals surface area contributed by atoms with Crippen LogP contribution >= 0.6 is 68.5 Å². The van der Waals surface area contributed by atoms with Crippen LogP contribution in [0, 0.1) is 2.88 Å². The van der Waals surface area contributed by atoms with Gasteiger partial charge < -0.3 is 0 Å². The molecule has 5 heteroatoms. The summed E-state index contributed by atoms with van der Waals surface area (Å²) < 4.78 is 2.04. The fourth-order valence-electron chi connectivity index (χ4n) is 1.09. The summed E-state index contributed by atoms with van der Waals surface area (Å²) in [4.78, 5) is 1.10. The van der Waals surface area contributed by atoms with Crippen molar-refractivity contribution in [1.82, 2.24) is 0 Å². The molecule has 0 amide bonds. The minimum atomic E-state index is -0.0627. The zero-order valence-corrected chi connectivity index (χ0v) is 12.1. The lowest BCUT2D eigenvalue weighted by molar-refractivity contribution is 1.20. The smallest absolute Gasteiger partial charge is 0.0936 e. The van der Waals surface area contributed by atoms with Gasteiger partial charge in [0.1, 0.15) is 0 Å². The molecule has 74 valence electrons. The van der Waals surface area contributed by atoms with Gasteiger partial charge in [0.15, 0.2) is 0 Å². The van der Waals surface area contributed by atoms with Crippen LogP contribution in [0.5, 0.6) is 0 Å². The Morgan fingerprint density at radius 1 is 1.36 bits per heavy atom. The monoisotopic (exact) mass is 374 g/mol. The highest BCUT2D eigenvalue weighted by molar-refractivity contribution is 14.1. The molecule has 2 rings (SSSR count). The average molecular weight is 375 g/mol. The van der Waals surface area contributed by atoms with E-state index in [1.165, 1.54) is 14.2 Å². The Morgan fingerprint density at radius 2 is 2.14 bits per heavy atom. The molecule has 0 saturated carbocycles. The third kappa shape index (κ3) is 2.44. The Labute approximate surface area is 114 Å². The molecule has 1 unspecified atom stereocenters. The van der Waals surface area contributed by atoms with E-state index >= 15 is 0 Å². The van der Waals surface area contributed by atoms with Crippen molar-refractivity contribution in [3.05, 3.63) is 41.2 Å². The van der Waals surface area contributed by atoms with E-state index in [4.69, 9.17) is 23.2 Å². The highest BCUT2D eigenvalue weighted by atomic mass is 127. The molecule has 0 N–H and O–H groups in total. The number of thiophene rings is 2. The Bertz CT molecular complexity index is 395. The molecule has 0 fully saturated rings. The summed E-state index contributed by atoms with van der Waals surface area (Å²) in [5.41, 5.74) is 1.15. The van der Waals surface area contributed by atoms with Crippen LogP contribution in [-0.4, -0.2) is 0 Å². The van der Waals surface area contributed by atoms with Crippen LogP contribution in [0.3, 0.4) is 0 Å². The second-order valence-corrected chi connectivity index (χ2v) is 7.68. The first-order valence-electron chi connectivity index (χ1n) is 3.80. The lowest BCUT2D eigenvalue weighted by Crippen LogP contribution is -1.85. The van der Waals surface area contributed by atoms with Gasteiger partial charge in [-0.15, -0.1) is 34.3 Å². The molecule has 2 heterocycles. The van der Waals surface area contributed by atoms with Gasteiger partial charge in [0.25, 0.3) is 0 Å². The summed E-state index contributed by atoms with van der Waals surface area (Å²) in [7, 11) is 0. The molecule has 2 aromatic heterocycles. The highest BCUT2D eigenvalue weighted by Gasteiger charge is 2.14. The quantitative estimate of drug-likeness (QED) is 0.488. The molecule has 0 saturated heterocycles. The summed E-state index contributed by atoms with van der Waals surface area (Å²) in [5, 5.41) is 2.03. The average Bonchev–Trinajstić information content (AvgIpc) is 2.73. The van der Waals surface area contributed by atoms with E-state index in [2.05, 4.69) is 34.0 Å². The Balaban J connectivity index is 2.28. The van der Waals surface area contributed by atoms with Gasteiger partial charge >= 0.3 is 0 Å². The molecule has 0 radical (unpaired) electrons. The number of hydrogen-bond acceptors (Lipinski definition) is 2. The maximum Gasteiger partial charge on any atom is 0.0936 e. The maximum absolute atomic E-state index is 6.31. The summed E-state index contributed by atoms with van der Waals surface area (Å²) in [6.07, 6.45) is 0. The predicted molar refractivity (Wildman–Crippen MR) is 74.1 cm³/mol. The molecule has 14 heavy (non-hydrogen) atoms. The second kappa shape index (κ2) is 4.70. The van der Waals surface area contributed by atoms with Gasteiger partial charge in [-0.2, -0.15) is 0 Å². The second-order valence-electron chi connectivity index (χ2n) is 2.69. The maximum atomic E-state index is 6.31. The molecule has 0 nitrogen and oxygen atoms in total. The highest BCUT2D eigenvalue weighted by Crippen LogP contribution is 2.37. The van der Waals surface area contributed by atoms with E-state index in [0.29, 0.717) is 0 Å². The van der Waals surface area contributed by atoms with Crippen LogP contribution in [0.1, 0.15) is 15.8 Å². The van der Waals surface area contributed by atoms with Gasteiger partial charge in [-0.3, -0.25) is 0 Å². The van der Waals surface area contributed by atoms with Crippen molar-refractivity contribution >= 4 is 68.5 Å². The molecule has 0 aliphatic rings. The zero-order valence-electron chi connectivity index (χ0n) is 6.84. The minimum Gasteiger partial charge on any atom is -0.137 e. The predicted octanol–water partition coefficient (Wildman–Crippen LogP) is 5.40. The van der Waals surface area contributed by atoms with E-state index in [1.54, 1.807) is 11.3 Å². The zero-order chi connectivity index (χ0) is 10.1. The number of halogens is 3. The van der Waals surface area contributed by atoms with Crippen molar-refractivity contribution in [3.8, 4) is 0 Å². The van der Waals surface area contributed by atoms with Crippen molar-refractivity contribution in [3.63, 3.8) is 0 Å². The fraction of sp³-hybridized carbons (Fsp3) is 0.111. The van der Waals surface area contributed by atoms with Crippen LogP contribution < -0.4 is 0 Å². The van der Waals surface area contributed by atoms with Crippen molar-refractivity contribution in [2.45, 2.75) is 5.38 Å². The molecule has 0 aromatic carbocycles. The molecule has 0 aliphatic carbocycles. The van der Waals surface area contributed by atoms with E-state index in [-0.39, 0.29) is 5.38 Å². The first kappa shape index (κ1) is 11.2. The van der Waals surface area contributed by atoms with Crippen LogP contribution in [-0.2, 0) is 0 Å². The molecular formula is C9H5Cl2IS2. The largest absolute Gasteiger partial charge is 0.137 e. The van der Waals surface area contributed by atoms with Crippen LogP contribution in [0.25, 0.3) is 0 Å². The Morgan fingerprint density at radius 3 is 2.64 bits per heavy atom. The molecule has 2 aromatic rings. The molecule has 1 atom stereocenters. The number of rotatable bonds is 2. The van der Waals surface area contributed by atoms with Gasteiger partial charge in [0.2, 0.25) is 0 Å². The van der Waals surface area contributed by atoms with Gasteiger partial charge in [0.05, 0.1) is 12.6 Å². The molecule has 0 bridgehead atoms. The Hall–Kier alpha value is 0.710.